The molecule has 4 nitrogen and oxygen atoms in total. The zero-order valence-corrected chi connectivity index (χ0v) is 8.35. The van der Waals surface area contributed by atoms with Crippen LogP contribution in [0.15, 0.2) is 18.2 Å². The molecule has 84 valence electrons. The molecule has 5 heteroatoms. The molecular formula is C11H10FNO3. The molecule has 1 aromatic carbocycles. The van der Waals surface area contributed by atoms with Crippen molar-refractivity contribution in [3.05, 3.63) is 35.1 Å². The lowest BCUT2D eigenvalue weighted by molar-refractivity contribution is -0.146. The predicted octanol–water partition coefficient (Wildman–Crippen LogP) is 1.40. The van der Waals surface area contributed by atoms with Crippen LogP contribution in [0, 0.1) is 17.1 Å². The number of aliphatic hydroxyl groups is 1. The standard InChI is InChI=1S/C11H10FNO3/c12-9-6-8(10(14)11(15)16)4-3-7(9)2-1-5-13/h3-4,6,10,14H,1-2H2,(H,15,16). The summed E-state index contributed by atoms with van der Waals surface area (Å²) >= 11 is 0. The molecule has 1 rings (SSSR count). The topological polar surface area (TPSA) is 81.3 Å². The molecule has 0 aliphatic heterocycles. The van der Waals surface area contributed by atoms with E-state index in [-0.39, 0.29) is 18.4 Å². The van der Waals surface area contributed by atoms with Crippen LogP contribution in [0.2, 0.25) is 0 Å². The summed E-state index contributed by atoms with van der Waals surface area (Å²) in [6, 6.07) is 5.59. The summed E-state index contributed by atoms with van der Waals surface area (Å²) in [5.74, 6) is -2.03. The Kier molecular flexibility index (Phi) is 3.97. The molecule has 16 heavy (non-hydrogen) atoms. The van der Waals surface area contributed by atoms with Crippen LogP contribution in [0.4, 0.5) is 4.39 Å². The van der Waals surface area contributed by atoms with E-state index in [1.807, 2.05) is 6.07 Å². The van der Waals surface area contributed by atoms with Crippen molar-refractivity contribution in [3.63, 3.8) is 0 Å². The van der Waals surface area contributed by atoms with Gasteiger partial charge in [-0.1, -0.05) is 12.1 Å². The lowest BCUT2D eigenvalue weighted by atomic mass is 10.0. The van der Waals surface area contributed by atoms with E-state index in [2.05, 4.69) is 0 Å². The molecule has 0 aliphatic carbocycles. The number of nitrogens with zero attached hydrogens (tertiary/aromatic N) is 1. The number of aryl methyl sites for hydroxylation is 1. The molecular weight excluding hydrogens is 213 g/mol. The summed E-state index contributed by atoms with van der Waals surface area (Å²) < 4.78 is 13.4. The van der Waals surface area contributed by atoms with Gasteiger partial charge in [-0.15, -0.1) is 0 Å². The molecule has 2 N–H and O–H groups in total. The Morgan fingerprint density at radius 3 is 2.75 bits per heavy atom. The van der Waals surface area contributed by atoms with Crippen molar-refractivity contribution in [3.8, 4) is 6.07 Å². The maximum Gasteiger partial charge on any atom is 0.337 e. The number of hydrogen-bond acceptors (Lipinski definition) is 3. The Balaban J connectivity index is 2.91. The van der Waals surface area contributed by atoms with E-state index in [4.69, 9.17) is 10.4 Å². The number of carbonyl (C=O) groups is 1. The Morgan fingerprint density at radius 1 is 1.56 bits per heavy atom. The number of benzene rings is 1. The number of aliphatic hydroxyl groups excluding tert-OH is 1. The lowest BCUT2D eigenvalue weighted by Gasteiger charge is -2.07. The first kappa shape index (κ1) is 12.1. The molecule has 0 fully saturated rings. The van der Waals surface area contributed by atoms with Crippen LogP contribution in [0.5, 0.6) is 0 Å². The quantitative estimate of drug-likeness (QED) is 0.808. The third-order valence-corrected chi connectivity index (χ3v) is 2.13. The van der Waals surface area contributed by atoms with Crippen LogP contribution in [0.1, 0.15) is 23.7 Å². The summed E-state index contributed by atoms with van der Waals surface area (Å²) in [7, 11) is 0. The van der Waals surface area contributed by atoms with Gasteiger partial charge < -0.3 is 10.2 Å². The monoisotopic (exact) mass is 223 g/mol. The highest BCUT2D eigenvalue weighted by Gasteiger charge is 2.17. The van der Waals surface area contributed by atoms with E-state index in [0.717, 1.165) is 6.07 Å². The third kappa shape index (κ3) is 2.78. The van der Waals surface area contributed by atoms with Gasteiger partial charge >= 0.3 is 5.97 Å². The van der Waals surface area contributed by atoms with Crippen molar-refractivity contribution in [2.24, 2.45) is 0 Å². The van der Waals surface area contributed by atoms with Crippen LogP contribution >= 0.6 is 0 Å². The van der Waals surface area contributed by atoms with Crippen molar-refractivity contribution in [2.45, 2.75) is 18.9 Å². The van der Waals surface area contributed by atoms with E-state index in [1.165, 1.54) is 12.1 Å². The Labute approximate surface area is 91.6 Å². The number of aliphatic carboxylic acids is 1. The minimum atomic E-state index is -1.72. The summed E-state index contributed by atoms with van der Waals surface area (Å²) in [5, 5.41) is 26.0. The van der Waals surface area contributed by atoms with Crippen LogP contribution in [-0.4, -0.2) is 16.2 Å². The molecule has 1 atom stereocenters. The highest BCUT2D eigenvalue weighted by atomic mass is 19.1. The van der Waals surface area contributed by atoms with E-state index in [9.17, 15) is 14.3 Å². The predicted molar refractivity (Wildman–Crippen MR) is 52.9 cm³/mol. The zero-order chi connectivity index (χ0) is 12.1. The second-order valence-electron chi connectivity index (χ2n) is 3.25. The smallest absolute Gasteiger partial charge is 0.337 e. The molecule has 0 spiro atoms. The lowest BCUT2D eigenvalue weighted by Crippen LogP contribution is -2.11. The minimum absolute atomic E-state index is 0.00860. The zero-order valence-electron chi connectivity index (χ0n) is 8.35. The molecule has 1 aromatic rings. The van der Waals surface area contributed by atoms with E-state index < -0.39 is 17.9 Å². The normalized spacial score (nSPS) is 11.8. The maximum atomic E-state index is 13.4. The number of carboxylic acid groups (broad SMARTS) is 1. The second-order valence-corrected chi connectivity index (χ2v) is 3.25. The number of carboxylic acids is 1. The molecule has 0 bridgehead atoms. The molecule has 0 amide bonds. The van der Waals surface area contributed by atoms with Gasteiger partial charge in [0.25, 0.3) is 0 Å². The summed E-state index contributed by atoms with van der Waals surface area (Å²) in [6.07, 6.45) is -1.26. The molecule has 1 unspecified atom stereocenters. The molecule has 0 saturated heterocycles. The SMILES string of the molecule is N#CCCc1ccc(C(O)C(=O)O)cc1F. The number of nitriles is 1. The first-order valence-corrected chi connectivity index (χ1v) is 4.62. The molecule has 0 aliphatic rings. The number of hydrogen-bond donors (Lipinski definition) is 2. The number of rotatable bonds is 4. The fourth-order valence-electron chi connectivity index (χ4n) is 1.27. The first-order valence-electron chi connectivity index (χ1n) is 4.62. The van der Waals surface area contributed by atoms with Crippen LogP contribution < -0.4 is 0 Å². The van der Waals surface area contributed by atoms with Crippen LogP contribution in [0.25, 0.3) is 0 Å². The van der Waals surface area contributed by atoms with Crippen molar-refractivity contribution in [1.82, 2.24) is 0 Å². The van der Waals surface area contributed by atoms with Crippen LogP contribution in [-0.2, 0) is 11.2 Å². The van der Waals surface area contributed by atoms with Gasteiger partial charge in [-0.05, 0) is 23.6 Å². The van der Waals surface area contributed by atoms with Gasteiger partial charge in [0.1, 0.15) is 5.82 Å². The van der Waals surface area contributed by atoms with Crippen molar-refractivity contribution >= 4 is 5.97 Å². The third-order valence-electron chi connectivity index (χ3n) is 2.13. The van der Waals surface area contributed by atoms with Gasteiger partial charge in [-0.25, -0.2) is 9.18 Å². The van der Waals surface area contributed by atoms with Gasteiger partial charge in [0, 0.05) is 6.42 Å². The Bertz CT molecular complexity index is 439. The molecule has 0 saturated carbocycles. The van der Waals surface area contributed by atoms with Gasteiger partial charge in [0.15, 0.2) is 6.10 Å². The minimum Gasteiger partial charge on any atom is -0.479 e. The van der Waals surface area contributed by atoms with Crippen molar-refractivity contribution in [1.29, 1.82) is 5.26 Å². The van der Waals surface area contributed by atoms with Gasteiger partial charge in [-0.2, -0.15) is 5.26 Å². The van der Waals surface area contributed by atoms with E-state index >= 15 is 0 Å². The Morgan fingerprint density at radius 2 is 2.25 bits per heavy atom. The summed E-state index contributed by atoms with van der Waals surface area (Å²) in [4.78, 5) is 10.5. The molecule has 0 aromatic heterocycles. The van der Waals surface area contributed by atoms with Crippen molar-refractivity contribution < 1.29 is 19.4 Å². The molecule has 0 radical (unpaired) electrons. The van der Waals surface area contributed by atoms with Gasteiger partial charge in [0.05, 0.1) is 6.07 Å². The van der Waals surface area contributed by atoms with Gasteiger partial charge in [-0.3, -0.25) is 0 Å². The van der Waals surface area contributed by atoms with E-state index in [1.54, 1.807) is 0 Å². The van der Waals surface area contributed by atoms with Crippen LogP contribution in [0.3, 0.4) is 0 Å². The average molecular weight is 223 g/mol. The highest BCUT2D eigenvalue weighted by Crippen LogP contribution is 2.18. The maximum absolute atomic E-state index is 13.4. The first-order chi connectivity index (χ1) is 7.56. The number of halogens is 1. The average Bonchev–Trinajstić information content (AvgIpc) is 2.26. The highest BCUT2D eigenvalue weighted by molar-refractivity contribution is 5.74. The fourth-order valence-corrected chi connectivity index (χ4v) is 1.27. The Hall–Kier alpha value is -1.93. The summed E-state index contributed by atoms with van der Waals surface area (Å²) in [6.45, 7) is 0. The molecule has 0 heterocycles. The van der Waals surface area contributed by atoms with Crippen molar-refractivity contribution in [2.75, 3.05) is 0 Å². The fraction of sp³-hybridized carbons (Fsp3) is 0.273. The largest absolute Gasteiger partial charge is 0.479 e. The van der Waals surface area contributed by atoms with Gasteiger partial charge in [0.2, 0.25) is 0 Å². The summed E-state index contributed by atoms with van der Waals surface area (Å²) in [5.41, 5.74) is 0.327. The second kappa shape index (κ2) is 5.24. The van der Waals surface area contributed by atoms with E-state index in [0.29, 0.717) is 5.56 Å².